The van der Waals surface area contributed by atoms with Gasteiger partial charge in [-0.25, -0.2) is 0 Å². The summed E-state index contributed by atoms with van der Waals surface area (Å²) in [5.41, 5.74) is 0.882. The van der Waals surface area contributed by atoms with Crippen LogP contribution in [0.2, 0.25) is 0 Å². The third-order valence-electron chi connectivity index (χ3n) is 4.67. The van der Waals surface area contributed by atoms with Crippen molar-refractivity contribution in [1.29, 1.82) is 0 Å². The van der Waals surface area contributed by atoms with Gasteiger partial charge in [0.1, 0.15) is 0 Å². The van der Waals surface area contributed by atoms with Crippen LogP contribution in [0.1, 0.15) is 47.4 Å². The highest BCUT2D eigenvalue weighted by Crippen LogP contribution is 2.24. The second-order valence-corrected chi connectivity index (χ2v) is 6.32. The van der Waals surface area contributed by atoms with Crippen LogP contribution in [0.4, 0.5) is 0 Å². The van der Waals surface area contributed by atoms with E-state index in [1.54, 1.807) is 41.1 Å². The van der Waals surface area contributed by atoms with Crippen molar-refractivity contribution in [2.75, 3.05) is 20.1 Å². The lowest BCUT2D eigenvalue weighted by molar-refractivity contribution is -0.143. The number of piperidine rings is 1. The van der Waals surface area contributed by atoms with Gasteiger partial charge in [0, 0.05) is 37.3 Å². The molecule has 0 spiro atoms. The monoisotopic (exact) mass is 332 g/mol. The van der Waals surface area contributed by atoms with Crippen molar-refractivity contribution in [2.24, 2.45) is 5.92 Å². The first-order valence-electron chi connectivity index (χ1n) is 8.24. The maximum atomic E-state index is 12.8. The summed E-state index contributed by atoms with van der Waals surface area (Å²) < 4.78 is 0. The second kappa shape index (κ2) is 7.47. The molecule has 1 N–H and O–H groups in total. The van der Waals surface area contributed by atoms with Crippen molar-refractivity contribution >= 4 is 17.8 Å². The summed E-state index contributed by atoms with van der Waals surface area (Å²) in [6, 6.07) is 6.62. The lowest BCUT2D eigenvalue weighted by Crippen LogP contribution is -2.47. The third-order valence-corrected chi connectivity index (χ3v) is 4.67. The minimum absolute atomic E-state index is 0.00854. The number of aliphatic carboxylic acids is 1. The number of nitrogens with zero attached hydrogens (tertiary/aromatic N) is 2. The van der Waals surface area contributed by atoms with E-state index in [9.17, 15) is 19.5 Å². The Labute approximate surface area is 142 Å². The van der Waals surface area contributed by atoms with Crippen molar-refractivity contribution < 1.29 is 19.5 Å². The van der Waals surface area contributed by atoms with Crippen molar-refractivity contribution in [1.82, 2.24) is 9.80 Å². The van der Waals surface area contributed by atoms with Crippen LogP contribution in [0.5, 0.6) is 0 Å². The summed E-state index contributed by atoms with van der Waals surface area (Å²) in [4.78, 5) is 39.5. The van der Waals surface area contributed by atoms with Crippen molar-refractivity contribution in [2.45, 2.75) is 32.7 Å². The van der Waals surface area contributed by atoms with Gasteiger partial charge in [0.15, 0.2) is 0 Å². The molecule has 0 radical (unpaired) electrons. The van der Waals surface area contributed by atoms with Gasteiger partial charge in [-0.15, -0.1) is 0 Å². The lowest BCUT2D eigenvalue weighted by atomic mass is 9.92. The van der Waals surface area contributed by atoms with Gasteiger partial charge >= 0.3 is 5.97 Å². The van der Waals surface area contributed by atoms with Gasteiger partial charge < -0.3 is 14.9 Å². The minimum atomic E-state index is -0.867. The SMILES string of the molecule is CCN(C)C(=O)c1cccc(C(=O)N2CC(C(=O)O)CCC2C)c1. The molecular weight excluding hydrogens is 308 g/mol. The van der Waals surface area contributed by atoms with E-state index >= 15 is 0 Å². The molecular formula is C18H24N2O4. The molecule has 1 aliphatic rings. The highest BCUT2D eigenvalue weighted by molar-refractivity contribution is 5.99. The van der Waals surface area contributed by atoms with Crippen LogP contribution in [0, 0.1) is 5.92 Å². The number of hydrogen-bond donors (Lipinski definition) is 1. The standard InChI is InChI=1S/C18H24N2O4/c1-4-19(3)16(21)13-6-5-7-14(10-13)17(22)20-11-15(18(23)24)9-8-12(20)2/h5-7,10,12,15H,4,8-9,11H2,1-3H3,(H,23,24). The Kier molecular flexibility index (Phi) is 5.59. The molecule has 6 heteroatoms. The Bertz CT molecular complexity index is 644. The van der Waals surface area contributed by atoms with Crippen LogP contribution in [0.25, 0.3) is 0 Å². The van der Waals surface area contributed by atoms with Crippen molar-refractivity contribution in [3.63, 3.8) is 0 Å². The number of rotatable bonds is 4. The van der Waals surface area contributed by atoms with Gasteiger partial charge in [-0.05, 0) is 44.9 Å². The summed E-state index contributed by atoms with van der Waals surface area (Å²) in [5, 5.41) is 9.21. The number of carboxylic acid groups (broad SMARTS) is 1. The van der Waals surface area contributed by atoms with Gasteiger partial charge in [-0.1, -0.05) is 6.07 Å². The molecule has 6 nitrogen and oxygen atoms in total. The highest BCUT2D eigenvalue weighted by Gasteiger charge is 2.33. The van der Waals surface area contributed by atoms with Crippen molar-refractivity contribution in [3.8, 4) is 0 Å². The molecule has 130 valence electrons. The Morgan fingerprint density at radius 2 is 1.92 bits per heavy atom. The van der Waals surface area contributed by atoms with Crippen LogP contribution >= 0.6 is 0 Å². The van der Waals surface area contributed by atoms with Gasteiger partial charge in [0.2, 0.25) is 0 Å². The molecule has 1 fully saturated rings. The second-order valence-electron chi connectivity index (χ2n) is 6.32. The van der Waals surface area contributed by atoms with E-state index in [4.69, 9.17) is 0 Å². The van der Waals surface area contributed by atoms with Crippen LogP contribution in [-0.4, -0.2) is 58.9 Å². The zero-order valence-electron chi connectivity index (χ0n) is 14.4. The molecule has 2 unspecified atom stereocenters. The Balaban J connectivity index is 2.22. The molecule has 0 aromatic heterocycles. The van der Waals surface area contributed by atoms with E-state index in [2.05, 4.69) is 0 Å². The average molecular weight is 332 g/mol. The molecule has 2 amide bonds. The predicted octanol–water partition coefficient (Wildman–Crippen LogP) is 2.10. The summed E-state index contributed by atoms with van der Waals surface area (Å²) in [6.45, 7) is 4.60. The highest BCUT2D eigenvalue weighted by atomic mass is 16.4. The molecule has 2 rings (SSSR count). The molecule has 1 heterocycles. The fraction of sp³-hybridized carbons (Fsp3) is 0.500. The molecule has 1 saturated heterocycles. The van der Waals surface area contributed by atoms with E-state index < -0.39 is 11.9 Å². The zero-order chi connectivity index (χ0) is 17.9. The van der Waals surface area contributed by atoms with Crippen LogP contribution in [0.3, 0.4) is 0 Å². The number of hydrogen-bond acceptors (Lipinski definition) is 3. The van der Waals surface area contributed by atoms with Crippen molar-refractivity contribution in [3.05, 3.63) is 35.4 Å². The van der Waals surface area contributed by atoms with E-state index in [0.29, 0.717) is 30.5 Å². The number of carbonyl (C=O) groups excluding carboxylic acids is 2. The van der Waals surface area contributed by atoms with E-state index in [-0.39, 0.29) is 24.4 Å². The van der Waals surface area contributed by atoms with Crippen LogP contribution < -0.4 is 0 Å². The van der Waals surface area contributed by atoms with E-state index in [1.165, 1.54) is 0 Å². The first-order chi connectivity index (χ1) is 11.3. The van der Waals surface area contributed by atoms with E-state index in [0.717, 1.165) is 0 Å². The molecule has 1 aliphatic heterocycles. The summed E-state index contributed by atoms with van der Waals surface area (Å²) in [5.74, 6) is -1.75. The van der Waals surface area contributed by atoms with Gasteiger partial charge in [0.25, 0.3) is 11.8 Å². The predicted molar refractivity (Wildman–Crippen MR) is 89.9 cm³/mol. The minimum Gasteiger partial charge on any atom is -0.481 e. The quantitative estimate of drug-likeness (QED) is 0.916. The topological polar surface area (TPSA) is 77.9 Å². The van der Waals surface area contributed by atoms with Crippen LogP contribution in [0.15, 0.2) is 24.3 Å². The first kappa shape index (κ1) is 18.0. The number of carbonyl (C=O) groups is 3. The van der Waals surface area contributed by atoms with Gasteiger partial charge in [-0.3, -0.25) is 14.4 Å². The fourth-order valence-electron chi connectivity index (χ4n) is 2.91. The Morgan fingerprint density at radius 3 is 2.54 bits per heavy atom. The summed E-state index contributed by atoms with van der Waals surface area (Å²) in [7, 11) is 1.71. The van der Waals surface area contributed by atoms with Gasteiger partial charge in [-0.2, -0.15) is 0 Å². The largest absolute Gasteiger partial charge is 0.481 e. The Hall–Kier alpha value is -2.37. The molecule has 0 aliphatic carbocycles. The number of carboxylic acids is 1. The number of likely N-dealkylation sites (tertiary alicyclic amines) is 1. The maximum absolute atomic E-state index is 12.8. The first-order valence-corrected chi connectivity index (χ1v) is 8.24. The lowest BCUT2D eigenvalue weighted by Gasteiger charge is -2.36. The zero-order valence-corrected chi connectivity index (χ0v) is 14.4. The molecule has 0 bridgehead atoms. The summed E-state index contributed by atoms with van der Waals surface area (Å²) >= 11 is 0. The average Bonchev–Trinajstić information content (AvgIpc) is 2.60. The molecule has 2 atom stereocenters. The Morgan fingerprint density at radius 1 is 1.25 bits per heavy atom. The molecule has 1 aromatic carbocycles. The van der Waals surface area contributed by atoms with E-state index in [1.807, 2.05) is 13.8 Å². The summed E-state index contributed by atoms with van der Waals surface area (Å²) in [6.07, 6.45) is 1.25. The number of benzene rings is 1. The maximum Gasteiger partial charge on any atom is 0.308 e. The normalized spacial score (nSPS) is 20.5. The third kappa shape index (κ3) is 3.75. The smallest absolute Gasteiger partial charge is 0.308 e. The van der Waals surface area contributed by atoms with Crippen LogP contribution in [-0.2, 0) is 4.79 Å². The molecule has 1 aromatic rings. The molecule has 0 saturated carbocycles. The fourth-order valence-corrected chi connectivity index (χ4v) is 2.91. The van der Waals surface area contributed by atoms with Gasteiger partial charge in [0.05, 0.1) is 5.92 Å². The number of amides is 2. The molecule has 24 heavy (non-hydrogen) atoms.